The van der Waals surface area contributed by atoms with Crippen molar-refractivity contribution in [3.05, 3.63) is 18.2 Å². The molecule has 1 aromatic heterocycles. The minimum absolute atomic E-state index is 0.00928. The van der Waals surface area contributed by atoms with Crippen LogP contribution in [0.2, 0.25) is 0 Å². The highest BCUT2D eigenvalue weighted by Crippen LogP contribution is 2.08. The van der Waals surface area contributed by atoms with Crippen molar-refractivity contribution < 1.29 is 29.4 Å². The van der Waals surface area contributed by atoms with Gasteiger partial charge in [0.1, 0.15) is 24.2 Å². The average Bonchev–Trinajstić information content (AvgIpc) is 3.31. The zero-order valence-electron chi connectivity index (χ0n) is 21.3. The van der Waals surface area contributed by atoms with Gasteiger partial charge in [0.15, 0.2) is 5.96 Å². The number of aliphatic imine (C=N–C) groups is 1. The van der Waals surface area contributed by atoms with Gasteiger partial charge in [0.05, 0.1) is 12.4 Å². The van der Waals surface area contributed by atoms with Crippen LogP contribution >= 0.6 is 0 Å². The second-order valence-corrected chi connectivity index (χ2v) is 9.15. The highest BCUT2D eigenvalue weighted by Gasteiger charge is 2.31. The lowest BCUT2D eigenvalue weighted by Gasteiger charge is -2.25. The van der Waals surface area contributed by atoms with Crippen LogP contribution in [0.5, 0.6) is 0 Å². The first kappa shape index (κ1) is 31.3. The number of nitrogens with zero attached hydrogens (tertiary/aromatic N) is 2. The van der Waals surface area contributed by atoms with E-state index in [0.717, 1.165) is 0 Å². The second-order valence-electron chi connectivity index (χ2n) is 9.15. The topological polar surface area (TPSA) is 264 Å². The molecular weight excluding hydrogens is 486 g/mol. The standard InChI is InChI=1S/C22H39N9O6/c1-11(2)7-16(21(36)37)31-19(34)15(8-13-9-26-10-28-13)30-18(33)14(5-4-6-27-22(24)25)29-20(35)17(23)12(3)32/h9-12,14-17,32H,4-8,23H2,1-3H3,(H,26,28)(H,29,35)(H,30,33)(H,31,34)(H,36,37)(H4,24,25,27). The molecule has 0 fully saturated rings. The number of carboxylic acids is 1. The van der Waals surface area contributed by atoms with Crippen molar-refractivity contribution in [3.63, 3.8) is 0 Å². The summed E-state index contributed by atoms with van der Waals surface area (Å²) in [5, 5.41) is 26.7. The third-order valence-electron chi connectivity index (χ3n) is 5.33. The van der Waals surface area contributed by atoms with Gasteiger partial charge in [-0.3, -0.25) is 19.4 Å². The van der Waals surface area contributed by atoms with Crippen LogP contribution in [0.4, 0.5) is 0 Å². The Morgan fingerprint density at radius 1 is 1.03 bits per heavy atom. The lowest BCUT2D eigenvalue weighted by Crippen LogP contribution is -2.58. The fourth-order valence-corrected chi connectivity index (χ4v) is 3.32. The first-order chi connectivity index (χ1) is 17.3. The molecule has 15 nitrogen and oxygen atoms in total. The predicted octanol–water partition coefficient (Wildman–Crippen LogP) is -2.70. The van der Waals surface area contributed by atoms with E-state index in [-0.39, 0.29) is 37.7 Å². The number of aliphatic hydroxyl groups is 1. The number of hydrogen-bond acceptors (Lipinski definition) is 8. The highest BCUT2D eigenvalue weighted by atomic mass is 16.4. The first-order valence-electron chi connectivity index (χ1n) is 11.9. The number of aliphatic hydroxyl groups excluding tert-OH is 1. The Labute approximate surface area is 215 Å². The number of amides is 3. The third kappa shape index (κ3) is 11.7. The molecule has 0 aliphatic heterocycles. The van der Waals surface area contributed by atoms with Crippen molar-refractivity contribution in [1.29, 1.82) is 0 Å². The van der Waals surface area contributed by atoms with Crippen molar-refractivity contribution >= 4 is 29.7 Å². The molecular formula is C22H39N9O6. The van der Waals surface area contributed by atoms with Crippen LogP contribution in [-0.4, -0.2) is 86.6 Å². The number of rotatable bonds is 16. The third-order valence-corrected chi connectivity index (χ3v) is 5.33. The Morgan fingerprint density at radius 3 is 2.14 bits per heavy atom. The SMILES string of the molecule is CC(C)CC(NC(=O)C(Cc1cnc[nH]1)NC(=O)C(CCCN=C(N)N)NC(=O)C(N)C(C)O)C(=O)O. The van der Waals surface area contributed by atoms with E-state index in [9.17, 15) is 29.4 Å². The molecule has 208 valence electrons. The van der Waals surface area contributed by atoms with Crippen LogP contribution in [0.1, 0.15) is 45.7 Å². The van der Waals surface area contributed by atoms with Gasteiger partial charge < -0.3 is 48.3 Å². The Hall–Kier alpha value is -3.72. The smallest absolute Gasteiger partial charge is 0.326 e. The van der Waals surface area contributed by atoms with Gasteiger partial charge in [-0.1, -0.05) is 13.8 Å². The molecule has 5 atom stereocenters. The molecule has 0 saturated carbocycles. The predicted molar refractivity (Wildman–Crippen MR) is 135 cm³/mol. The van der Waals surface area contributed by atoms with E-state index < -0.39 is 54.0 Å². The van der Waals surface area contributed by atoms with Gasteiger partial charge in [-0.2, -0.15) is 0 Å². The molecule has 12 N–H and O–H groups in total. The number of aliphatic carboxylic acids is 1. The highest BCUT2D eigenvalue weighted by molar-refractivity contribution is 5.94. The van der Waals surface area contributed by atoms with E-state index in [1.165, 1.54) is 19.4 Å². The maximum Gasteiger partial charge on any atom is 0.326 e. The quantitative estimate of drug-likeness (QED) is 0.0612. The van der Waals surface area contributed by atoms with E-state index in [0.29, 0.717) is 12.1 Å². The Kier molecular flexibility index (Phi) is 13.0. The summed E-state index contributed by atoms with van der Waals surface area (Å²) in [5.41, 5.74) is 16.8. The number of H-pyrrole nitrogens is 1. The average molecular weight is 526 g/mol. The number of aromatic nitrogens is 2. The Bertz CT molecular complexity index is 916. The summed E-state index contributed by atoms with van der Waals surface area (Å²) in [6.07, 6.45) is 2.25. The Morgan fingerprint density at radius 2 is 1.62 bits per heavy atom. The molecule has 15 heteroatoms. The normalized spacial score (nSPS) is 15.1. The van der Waals surface area contributed by atoms with Gasteiger partial charge in [-0.05, 0) is 32.1 Å². The molecule has 0 radical (unpaired) electrons. The van der Waals surface area contributed by atoms with Gasteiger partial charge in [0, 0.05) is 24.9 Å². The molecule has 0 bridgehead atoms. The number of carbonyl (C=O) groups excluding carboxylic acids is 3. The van der Waals surface area contributed by atoms with Crippen molar-refractivity contribution in [2.75, 3.05) is 6.54 Å². The number of aromatic amines is 1. The van der Waals surface area contributed by atoms with Crippen LogP contribution in [0, 0.1) is 5.92 Å². The van der Waals surface area contributed by atoms with E-state index >= 15 is 0 Å². The van der Waals surface area contributed by atoms with Gasteiger partial charge in [0.25, 0.3) is 0 Å². The zero-order chi connectivity index (χ0) is 28.1. The number of hydrogen-bond donors (Lipinski definition) is 9. The van der Waals surface area contributed by atoms with E-state index in [2.05, 4.69) is 30.9 Å². The monoisotopic (exact) mass is 525 g/mol. The molecule has 0 aliphatic rings. The minimum Gasteiger partial charge on any atom is -0.480 e. The summed E-state index contributed by atoms with van der Waals surface area (Å²) >= 11 is 0. The van der Waals surface area contributed by atoms with Crippen LogP contribution in [0.3, 0.4) is 0 Å². The molecule has 1 rings (SSSR count). The number of imidazole rings is 1. The molecule has 0 spiro atoms. The summed E-state index contributed by atoms with van der Waals surface area (Å²) in [6, 6.07) is -4.78. The van der Waals surface area contributed by atoms with E-state index in [1.807, 2.05) is 13.8 Å². The van der Waals surface area contributed by atoms with Gasteiger partial charge in [0.2, 0.25) is 17.7 Å². The van der Waals surface area contributed by atoms with Crippen molar-refractivity contribution in [2.24, 2.45) is 28.1 Å². The van der Waals surface area contributed by atoms with Gasteiger partial charge in [-0.25, -0.2) is 9.78 Å². The fraction of sp³-hybridized carbons (Fsp3) is 0.636. The van der Waals surface area contributed by atoms with Crippen molar-refractivity contribution in [1.82, 2.24) is 25.9 Å². The summed E-state index contributed by atoms with van der Waals surface area (Å²) in [4.78, 5) is 60.9. The first-order valence-corrected chi connectivity index (χ1v) is 11.9. The summed E-state index contributed by atoms with van der Waals surface area (Å²) in [6.45, 7) is 5.15. The number of guanidine groups is 1. The van der Waals surface area contributed by atoms with Crippen LogP contribution in [0.25, 0.3) is 0 Å². The molecule has 1 heterocycles. The molecule has 0 aliphatic carbocycles. The summed E-state index contributed by atoms with van der Waals surface area (Å²) in [5.74, 6) is -3.55. The maximum absolute atomic E-state index is 13.2. The molecule has 5 unspecified atom stereocenters. The molecule has 1 aromatic rings. The fourth-order valence-electron chi connectivity index (χ4n) is 3.32. The Balaban J connectivity index is 3.10. The maximum atomic E-state index is 13.2. The van der Waals surface area contributed by atoms with Crippen LogP contribution in [0.15, 0.2) is 17.5 Å². The molecule has 0 saturated heterocycles. The molecule has 0 aromatic carbocycles. The van der Waals surface area contributed by atoms with Gasteiger partial charge in [-0.15, -0.1) is 0 Å². The largest absolute Gasteiger partial charge is 0.480 e. The number of carboxylic acid groups (broad SMARTS) is 1. The lowest BCUT2D eigenvalue weighted by atomic mass is 10.0. The van der Waals surface area contributed by atoms with E-state index in [1.54, 1.807) is 0 Å². The van der Waals surface area contributed by atoms with Crippen LogP contribution in [-0.2, 0) is 25.6 Å². The second kappa shape index (κ2) is 15.4. The number of nitrogens with two attached hydrogens (primary N) is 3. The minimum atomic E-state index is -1.29. The number of nitrogens with one attached hydrogen (secondary N) is 4. The molecule has 37 heavy (non-hydrogen) atoms. The van der Waals surface area contributed by atoms with E-state index in [4.69, 9.17) is 17.2 Å². The number of carbonyl (C=O) groups is 4. The summed E-state index contributed by atoms with van der Waals surface area (Å²) in [7, 11) is 0. The van der Waals surface area contributed by atoms with Crippen LogP contribution < -0.4 is 33.2 Å². The van der Waals surface area contributed by atoms with Crippen molar-refractivity contribution in [3.8, 4) is 0 Å². The zero-order valence-corrected chi connectivity index (χ0v) is 21.3. The lowest BCUT2D eigenvalue weighted by molar-refractivity contribution is -0.142. The molecule has 3 amide bonds. The van der Waals surface area contributed by atoms with Crippen molar-refractivity contribution in [2.45, 2.75) is 76.7 Å². The summed E-state index contributed by atoms with van der Waals surface area (Å²) < 4.78 is 0. The van der Waals surface area contributed by atoms with Gasteiger partial charge >= 0.3 is 5.97 Å².